The van der Waals surface area contributed by atoms with Gasteiger partial charge in [0.05, 0.1) is 24.5 Å². The number of hydrogen-bond acceptors (Lipinski definition) is 7. The van der Waals surface area contributed by atoms with Gasteiger partial charge in [-0.2, -0.15) is 10.4 Å². The number of benzene rings is 2. The average molecular weight is 562 g/mol. The molecule has 3 heterocycles. The predicted molar refractivity (Wildman–Crippen MR) is 145 cm³/mol. The number of anilines is 1. The van der Waals surface area contributed by atoms with Crippen LogP contribution in [0.1, 0.15) is 20.3 Å². The quantitative estimate of drug-likeness (QED) is 0.238. The second kappa shape index (κ2) is 10.9. The van der Waals surface area contributed by atoms with Crippen LogP contribution in [0.4, 0.5) is 19.0 Å². The lowest BCUT2D eigenvalue weighted by molar-refractivity contribution is -0.129. The van der Waals surface area contributed by atoms with Crippen molar-refractivity contribution in [2.45, 2.75) is 38.8 Å². The van der Waals surface area contributed by atoms with E-state index in [2.05, 4.69) is 15.1 Å². The summed E-state index contributed by atoms with van der Waals surface area (Å²) in [6.45, 7) is 2.53. The van der Waals surface area contributed by atoms with Gasteiger partial charge in [-0.1, -0.05) is 38.1 Å². The summed E-state index contributed by atoms with van der Waals surface area (Å²) in [7, 11) is 0. The van der Waals surface area contributed by atoms with Crippen LogP contribution in [0.5, 0.6) is 11.5 Å². The van der Waals surface area contributed by atoms with Crippen molar-refractivity contribution in [3.8, 4) is 28.8 Å². The number of nitrogens with zero attached hydrogens (tertiary/aromatic N) is 6. The highest BCUT2D eigenvalue weighted by Gasteiger charge is 2.48. The Labute approximate surface area is 233 Å². The van der Waals surface area contributed by atoms with E-state index < -0.39 is 36.7 Å². The smallest absolute Gasteiger partial charge is 0.267 e. The van der Waals surface area contributed by atoms with E-state index in [0.29, 0.717) is 5.75 Å². The predicted octanol–water partition coefficient (Wildman–Crippen LogP) is 5.35. The molecule has 12 heteroatoms. The number of allylic oxidation sites excluding steroid dienone is 1. The molecule has 1 aliphatic heterocycles. The molecule has 4 aromatic rings. The molecule has 1 aliphatic rings. The minimum Gasteiger partial charge on any atom is -0.457 e. The fraction of sp³-hybridized carbons (Fsp3) is 0.276. The van der Waals surface area contributed by atoms with Crippen LogP contribution < -0.4 is 10.5 Å². The van der Waals surface area contributed by atoms with Crippen molar-refractivity contribution in [1.29, 1.82) is 5.26 Å². The molecule has 41 heavy (non-hydrogen) atoms. The normalized spacial score (nSPS) is 16.8. The Balaban J connectivity index is 1.51. The number of ether oxygens (including phenoxy) is 1. The molecule has 2 aromatic heterocycles. The van der Waals surface area contributed by atoms with E-state index in [9.17, 15) is 18.8 Å². The number of nitrogen functional groups attached to an aromatic ring is 1. The summed E-state index contributed by atoms with van der Waals surface area (Å²) in [6, 6.07) is 13.9. The van der Waals surface area contributed by atoms with E-state index in [-0.39, 0.29) is 51.9 Å². The van der Waals surface area contributed by atoms with Crippen molar-refractivity contribution >= 4 is 22.8 Å². The summed E-state index contributed by atoms with van der Waals surface area (Å²) >= 11 is 0. The van der Waals surface area contributed by atoms with Gasteiger partial charge in [-0.05, 0) is 30.2 Å². The zero-order valence-electron chi connectivity index (χ0n) is 22.3. The third-order valence-corrected chi connectivity index (χ3v) is 6.61. The van der Waals surface area contributed by atoms with Crippen LogP contribution in [0, 0.1) is 23.1 Å². The number of hydrogen-bond donors (Lipinski definition) is 1. The van der Waals surface area contributed by atoms with Crippen LogP contribution in [-0.2, 0) is 11.3 Å². The van der Waals surface area contributed by atoms with Crippen LogP contribution in [0.25, 0.3) is 22.3 Å². The van der Waals surface area contributed by atoms with E-state index in [4.69, 9.17) is 10.5 Å². The highest BCUT2D eigenvalue weighted by molar-refractivity contribution is 5.99. The molecule has 1 atom stereocenters. The number of para-hydroxylation sites is 1. The lowest BCUT2D eigenvalue weighted by atomic mass is 10.1. The van der Waals surface area contributed by atoms with Crippen molar-refractivity contribution in [3.05, 3.63) is 72.3 Å². The van der Waals surface area contributed by atoms with E-state index in [0.717, 1.165) is 4.90 Å². The lowest BCUT2D eigenvalue weighted by Gasteiger charge is -2.24. The number of nitriles is 1. The van der Waals surface area contributed by atoms with Crippen molar-refractivity contribution in [3.63, 3.8) is 0 Å². The molecule has 2 N–H and O–H groups in total. The Bertz CT molecular complexity index is 1680. The summed E-state index contributed by atoms with van der Waals surface area (Å²) in [5.41, 5.74) is 6.31. The Kier molecular flexibility index (Phi) is 7.36. The molecule has 210 valence electrons. The lowest BCUT2D eigenvalue weighted by Crippen LogP contribution is -2.39. The first-order valence-electron chi connectivity index (χ1n) is 12.9. The molecule has 0 bridgehead atoms. The van der Waals surface area contributed by atoms with E-state index in [1.54, 1.807) is 44.2 Å². The van der Waals surface area contributed by atoms with E-state index >= 15 is 4.39 Å². The molecular weight excluding hydrogens is 535 g/mol. The highest BCUT2D eigenvalue weighted by atomic mass is 19.3. The topological polar surface area (TPSA) is 123 Å². The number of alkyl halides is 2. The molecule has 0 spiro atoms. The summed E-state index contributed by atoms with van der Waals surface area (Å²) in [4.78, 5) is 22.4. The van der Waals surface area contributed by atoms with Crippen molar-refractivity contribution in [2.75, 3.05) is 12.3 Å². The van der Waals surface area contributed by atoms with Gasteiger partial charge < -0.3 is 15.4 Å². The number of carbonyl (C=O) groups excluding carboxylic acids is 1. The largest absolute Gasteiger partial charge is 0.457 e. The Hall–Kier alpha value is -4.92. The Morgan fingerprint density at radius 2 is 1.98 bits per heavy atom. The molecule has 0 radical (unpaired) electrons. The van der Waals surface area contributed by atoms with Crippen LogP contribution in [0.2, 0.25) is 0 Å². The van der Waals surface area contributed by atoms with Crippen molar-refractivity contribution < 1.29 is 22.7 Å². The second-order valence-electron chi connectivity index (χ2n) is 10.1. The zero-order chi connectivity index (χ0) is 29.3. The Morgan fingerprint density at radius 3 is 2.66 bits per heavy atom. The SMILES string of the molecule is CC(C)/C=C(\C#N)C(=O)N1CC(F)(F)C[C@@H]1Cn1nc(-c2ccc(Oc3ccccc3)cc2F)c2c(N)ncnc21. The van der Waals surface area contributed by atoms with Crippen LogP contribution in [0.3, 0.4) is 0 Å². The minimum atomic E-state index is -3.17. The molecule has 5 rings (SSSR count). The van der Waals surface area contributed by atoms with Crippen LogP contribution >= 0.6 is 0 Å². The number of aromatic nitrogens is 4. The third kappa shape index (κ3) is 5.70. The number of rotatable bonds is 7. The molecular formula is C29H26F3N7O2. The summed E-state index contributed by atoms with van der Waals surface area (Å²) in [6.07, 6.45) is 1.99. The number of amides is 1. The fourth-order valence-electron chi connectivity index (χ4n) is 4.86. The molecule has 2 aromatic carbocycles. The van der Waals surface area contributed by atoms with Gasteiger partial charge in [0.25, 0.3) is 11.8 Å². The molecule has 1 amide bonds. The molecule has 1 saturated heterocycles. The van der Waals surface area contributed by atoms with E-state index in [1.807, 2.05) is 12.1 Å². The third-order valence-electron chi connectivity index (χ3n) is 6.61. The maximum absolute atomic E-state index is 15.4. The number of fused-ring (bicyclic) bond motifs is 1. The first kappa shape index (κ1) is 27.6. The van der Waals surface area contributed by atoms with Gasteiger partial charge in [0, 0.05) is 18.1 Å². The molecule has 9 nitrogen and oxygen atoms in total. The first-order valence-corrected chi connectivity index (χ1v) is 12.9. The van der Waals surface area contributed by atoms with Gasteiger partial charge in [-0.3, -0.25) is 4.79 Å². The summed E-state index contributed by atoms with van der Waals surface area (Å²) in [5.74, 6) is -3.93. The Morgan fingerprint density at radius 1 is 1.22 bits per heavy atom. The number of carbonyl (C=O) groups is 1. The van der Waals surface area contributed by atoms with Gasteiger partial charge in [-0.15, -0.1) is 0 Å². The number of halogens is 3. The van der Waals surface area contributed by atoms with Gasteiger partial charge in [-0.25, -0.2) is 27.8 Å². The molecule has 0 aliphatic carbocycles. The van der Waals surface area contributed by atoms with E-state index in [1.165, 1.54) is 29.2 Å². The second-order valence-corrected chi connectivity index (χ2v) is 10.1. The van der Waals surface area contributed by atoms with Crippen molar-refractivity contribution in [1.82, 2.24) is 24.6 Å². The summed E-state index contributed by atoms with van der Waals surface area (Å²) in [5, 5.41) is 14.2. The molecule has 0 unspecified atom stereocenters. The van der Waals surface area contributed by atoms with Crippen LogP contribution in [-0.4, -0.2) is 49.1 Å². The summed E-state index contributed by atoms with van der Waals surface area (Å²) < 4.78 is 51.6. The van der Waals surface area contributed by atoms with Crippen molar-refractivity contribution in [2.24, 2.45) is 5.92 Å². The monoisotopic (exact) mass is 561 g/mol. The highest BCUT2D eigenvalue weighted by Crippen LogP contribution is 2.37. The fourth-order valence-corrected chi connectivity index (χ4v) is 4.86. The van der Waals surface area contributed by atoms with Gasteiger partial charge in [0.1, 0.15) is 46.8 Å². The van der Waals surface area contributed by atoms with Gasteiger partial charge >= 0.3 is 0 Å². The number of likely N-dealkylation sites (tertiary alicyclic amines) is 1. The molecule has 0 saturated carbocycles. The van der Waals surface area contributed by atoms with Gasteiger partial charge in [0.15, 0.2) is 5.65 Å². The number of nitrogens with two attached hydrogens (primary N) is 1. The molecule has 1 fully saturated rings. The minimum absolute atomic E-state index is 0.0246. The van der Waals surface area contributed by atoms with Crippen LogP contribution in [0.15, 0.2) is 66.5 Å². The standard InChI is InChI=1S/C29H26F3N7O2/c1-17(2)10-18(13-33)28(40)38-15-29(31,32)12-19(38)14-39-27-24(26(34)35-16-36-27)25(37-39)22-9-8-21(11-23(22)30)41-20-6-4-3-5-7-20/h3-11,16-17,19H,12,14-15H2,1-2H3,(H2,34,35,36)/b18-10+/t19-/m1/s1. The zero-order valence-corrected chi connectivity index (χ0v) is 22.3. The van der Waals surface area contributed by atoms with Gasteiger partial charge in [0.2, 0.25) is 0 Å². The average Bonchev–Trinajstić information content (AvgIpc) is 3.44. The first-order chi connectivity index (χ1) is 19.6. The maximum Gasteiger partial charge on any atom is 0.267 e. The maximum atomic E-state index is 15.4.